The Kier molecular flexibility index (Phi) is 6.92. The van der Waals surface area contributed by atoms with Crippen molar-refractivity contribution < 1.29 is 26.9 Å². The van der Waals surface area contributed by atoms with Gasteiger partial charge < -0.3 is 14.8 Å². The van der Waals surface area contributed by atoms with Gasteiger partial charge >= 0.3 is 0 Å². The molecule has 0 aliphatic carbocycles. The van der Waals surface area contributed by atoms with E-state index in [4.69, 9.17) is 8.92 Å². The Labute approximate surface area is 114 Å². The molecule has 0 bridgehead atoms. The van der Waals surface area contributed by atoms with Crippen LogP contribution in [-0.2, 0) is 28.6 Å². The van der Waals surface area contributed by atoms with Gasteiger partial charge in [0.15, 0.2) is 5.79 Å². The Bertz CT molecular complexity index is 367. The second-order valence-electron chi connectivity index (χ2n) is 5.27. The molecule has 1 heterocycles. The summed E-state index contributed by atoms with van der Waals surface area (Å²) in [5, 5.41) is 2.98. The van der Waals surface area contributed by atoms with Crippen molar-refractivity contribution in [3.8, 4) is 0 Å². The summed E-state index contributed by atoms with van der Waals surface area (Å²) in [6.45, 7) is 9.10. The van der Waals surface area contributed by atoms with Crippen LogP contribution in [-0.4, -0.2) is 52.2 Å². The van der Waals surface area contributed by atoms with E-state index in [1.54, 1.807) is 6.92 Å². The summed E-state index contributed by atoms with van der Waals surface area (Å²) >= 11 is 0. The number of carbonyl (C=O) groups excluding carboxylic acids is 1. The highest BCUT2D eigenvalue weighted by molar-refractivity contribution is 7.86. The standard InChI is InChI=1S/C6H13NO4S.C5H10O2/c1-6(11-12(2,8)9)5-7-3-4-10-6;1-5(2,3)7-4-6/h7H,3-5H2,1-2H3;4H,1-3H3/t6-;/m0./s1. The van der Waals surface area contributed by atoms with E-state index < -0.39 is 15.9 Å². The zero-order valence-corrected chi connectivity index (χ0v) is 12.9. The molecule has 114 valence electrons. The zero-order valence-electron chi connectivity index (χ0n) is 12.1. The second-order valence-corrected chi connectivity index (χ2v) is 6.85. The molecule has 0 aromatic carbocycles. The molecule has 0 unspecified atom stereocenters. The summed E-state index contributed by atoms with van der Waals surface area (Å²) in [6.07, 6.45) is 1.01. The average Bonchev–Trinajstić information content (AvgIpc) is 2.13. The highest BCUT2D eigenvalue weighted by atomic mass is 32.2. The van der Waals surface area contributed by atoms with Gasteiger partial charge in [-0.1, -0.05) is 0 Å². The molecule has 0 aromatic rings. The van der Waals surface area contributed by atoms with Gasteiger partial charge in [-0.2, -0.15) is 8.42 Å². The first-order valence-corrected chi connectivity index (χ1v) is 7.66. The first kappa shape index (κ1) is 18.3. The molecule has 7 nitrogen and oxygen atoms in total. The molecule has 1 atom stereocenters. The number of hydrogen-bond donors (Lipinski definition) is 1. The Morgan fingerprint density at radius 2 is 1.95 bits per heavy atom. The van der Waals surface area contributed by atoms with Gasteiger partial charge in [-0.05, 0) is 27.7 Å². The Morgan fingerprint density at radius 3 is 2.21 bits per heavy atom. The number of nitrogens with one attached hydrogen (secondary N) is 1. The third kappa shape index (κ3) is 10.9. The van der Waals surface area contributed by atoms with Gasteiger partial charge in [0.05, 0.1) is 19.4 Å². The van der Waals surface area contributed by atoms with Crippen molar-refractivity contribution in [2.45, 2.75) is 39.1 Å². The molecular formula is C11H23NO6S. The van der Waals surface area contributed by atoms with E-state index in [0.717, 1.165) is 12.8 Å². The van der Waals surface area contributed by atoms with E-state index in [9.17, 15) is 13.2 Å². The monoisotopic (exact) mass is 297 g/mol. The molecule has 0 saturated carbocycles. The van der Waals surface area contributed by atoms with E-state index in [1.165, 1.54) is 0 Å². The van der Waals surface area contributed by atoms with Crippen LogP contribution in [0, 0.1) is 0 Å². The highest BCUT2D eigenvalue weighted by Crippen LogP contribution is 2.16. The molecule has 0 aromatic heterocycles. The molecule has 1 fully saturated rings. The number of rotatable bonds is 3. The molecule has 1 saturated heterocycles. The van der Waals surface area contributed by atoms with Gasteiger partial charge in [0.1, 0.15) is 5.60 Å². The van der Waals surface area contributed by atoms with Gasteiger partial charge in [-0.3, -0.25) is 4.79 Å². The molecule has 1 aliphatic heterocycles. The third-order valence-electron chi connectivity index (χ3n) is 1.86. The lowest BCUT2D eigenvalue weighted by molar-refractivity contribution is -0.178. The molecular weight excluding hydrogens is 274 g/mol. The maximum atomic E-state index is 10.8. The molecule has 0 radical (unpaired) electrons. The maximum Gasteiger partial charge on any atom is 0.293 e. The molecule has 1 N–H and O–H groups in total. The minimum atomic E-state index is -3.45. The fraction of sp³-hybridized carbons (Fsp3) is 0.909. The van der Waals surface area contributed by atoms with Crippen LogP contribution < -0.4 is 5.32 Å². The molecule has 1 rings (SSSR count). The molecule has 8 heteroatoms. The van der Waals surface area contributed by atoms with Crippen LogP contribution in [0.25, 0.3) is 0 Å². The van der Waals surface area contributed by atoms with Gasteiger partial charge in [-0.15, -0.1) is 0 Å². The molecule has 0 amide bonds. The van der Waals surface area contributed by atoms with Crippen molar-refractivity contribution in [1.82, 2.24) is 5.32 Å². The SMILES string of the molecule is CC(C)(C)OC=O.C[C@]1(OS(C)(=O)=O)CNCCO1. The fourth-order valence-corrected chi connectivity index (χ4v) is 1.97. The van der Waals surface area contributed by atoms with Crippen molar-refractivity contribution in [2.24, 2.45) is 0 Å². The van der Waals surface area contributed by atoms with Crippen molar-refractivity contribution >= 4 is 16.6 Å². The lowest BCUT2D eigenvalue weighted by Gasteiger charge is -2.32. The van der Waals surface area contributed by atoms with Crippen LogP contribution in [0.3, 0.4) is 0 Å². The van der Waals surface area contributed by atoms with Crippen LogP contribution in [0.15, 0.2) is 0 Å². The van der Waals surface area contributed by atoms with Crippen LogP contribution in [0.2, 0.25) is 0 Å². The summed E-state index contributed by atoms with van der Waals surface area (Å²) in [5.74, 6) is -1.04. The topological polar surface area (TPSA) is 90.9 Å². The predicted molar refractivity (Wildman–Crippen MR) is 70.1 cm³/mol. The van der Waals surface area contributed by atoms with Crippen molar-refractivity contribution in [3.05, 3.63) is 0 Å². The Morgan fingerprint density at radius 1 is 1.37 bits per heavy atom. The minimum Gasteiger partial charge on any atom is -0.462 e. The summed E-state index contributed by atoms with van der Waals surface area (Å²) in [4.78, 5) is 9.60. The average molecular weight is 297 g/mol. The normalized spacial score (nSPS) is 24.1. The fourth-order valence-electron chi connectivity index (χ4n) is 1.22. The highest BCUT2D eigenvalue weighted by Gasteiger charge is 2.32. The van der Waals surface area contributed by atoms with Crippen LogP contribution >= 0.6 is 0 Å². The van der Waals surface area contributed by atoms with Crippen LogP contribution in [0.4, 0.5) is 0 Å². The van der Waals surface area contributed by atoms with Crippen molar-refractivity contribution in [2.75, 3.05) is 26.0 Å². The lowest BCUT2D eigenvalue weighted by atomic mass is 10.2. The van der Waals surface area contributed by atoms with Gasteiger partial charge in [0, 0.05) is 6.54 Å². The largest absolute Gasteiger partial charge is 0.462 e. The van der Waals surface area contributed by atoms with Crippen LogP contribution in [0.5, 0.6) is 0 Å². The van der Waals surface area contributed by atoms with E-state index in [1.807, 2.05) is 20.8 Å². The van der Waals surface area contributed by atoms with Gasteiger partial charge in [0.2, 0.25) is 0 Å². The van der Waals surface area contributed by atoms with Crippen molar-refractivity contribution in [3.63, 3.8) is 0 Å². The van der Waals surface area contributed by atoms with Crippen LogP contribution in [0.1, 0.15) is 27.7 Å². The quantitative estimate of drug-likeness (QED) is 0.590. The summed E-state index contributed by atoms with van der Waals surface area (Å²) in [5.41, 5.74) is -0.318. The van der Waals surface area contributed by atoms with Gasteiger partial charge in [-0.25, -0.2) is 4.18 Å². The Hall–Kier alpha value is -0.700. The zero-order chi connectivity index (χ0) is 15.2. The number of morpholine rings is 1. The Balaban J connectivity index is 0.000000399. The van der Waals surface area contributed by atoms with Crippen molar-refractivity contribution in [1.29, 1.82) is 0 Å². The summed E-state index contributed by atoms with van der Waals surface area (Å²) in [6, 6.07) is 0. The number of carbonyl (C=O) groups is 1. The number of ether oxygens (including phenoxy) is 2. The van der Waals surface area contributed by atoms with E-state index in [0.29, 0.717) is 19.6 Å². The smallest absolute Gasteiger partial charge is 0.293 e. The third-order valence-corrected chi connectivity index (χ3v) is 2.52. The number of hydrogen-bond acceptors (Lipinski definition) is 7. The summed E-state index contributed by atoms with van der Waals surface area (Å²) in [7, 11) is -3.45. The van der Waals surface area contributed by atoms with E-state index in [-0.39, 0.29) is 5.60 Å². The maximum absolute atomic E-state index is 10.8. The minimum absolute atomic E-state index is 0.318. The molecule has 19 heavy (non-hydrogen) atoms. The second kappa shape index (κ2) is 7.18. The first-order valence-electron chi connectivity index (χ1n) is 5.84. The lowest BCUT2D eigenvalue weighted by Crippen LogP contribution is -2.50. The molecule has 1 aliphatic rings. The molecule has 0 spiro atoms. The van der Waals surface area contributed by atoms with Gasteiger partial charge in [0.25, 0.3) is 16.6 Å². The first-order chi connectivity index (χ1) is 8.47. The predicted octanol–water partition coefficient (Wildman–Crippen LogP) is 0.257. The van der Waals surface area contributed by atoms with E-state index in [2.05, 4.69) is 10.1 Å². The summed E-state index contributed by atoms with van der Waals surface area (Å²) < 4.78 is 36.0. The van der Waals surface area contributed by atoms with E-state index >= 15 is 0 Å².